The van der Waals surface area contributed by atoms with Crippen molar-refractivity contribution in [3.63, 3.8) is 0 Å². The number of amides is 1. The van der Waals surface area contributed by atoms with Crippen molar-refractivity contribution in [1.82, 2.24) is 19.6 Å². The smallest absolute Gasteiger partial charge is 0.243 e. The molecule has 2 aliphatic heterocycles. The summed E-state index contributed by atoms with van der Waals surface area (Å²) >= 11 is 0. The maximum atomic E-state index is 12.9. The van der Waals surface area contributed by atoms with Gasteiger partial charge in [-0.1, -0.05) is 0 Å². The molecule has 1 aromatic rings. The van der Waals surface area contributed by atoms with E-state index in [2.05, 4.69) is 17.4 Å². The van der Waals surface area contributed by atoms with E-state index in [0.717, 1.165) is 26.2 Å². The van der Waals surface area contributed by atoms with Crippen LogP contribution in [-0.4, -0.2) is 82.0 Å². The lowest BCUT2D eigenvalue weighted by Gasteiger charge is -2.35. The Kier molecular flexibility index (Phi) is 6.36. The van der Waals surface area contributed by atoms with Crippen molar-refractivity contribution in [1.29, 1.82) is 0 Å². The Morgan fingerprint density at radius 1 is 1.11 bits per heavy atom. The van der Waals surface area contributed by atoms with Crippen LogP contribution in [0.25, 0.3) is 0 Å². The highest BCUT2D eigenvalue weighted by atomic mass is 32.2. The highest BCUT2D eigenvalue weighted by Crippen LogP contribution is 2.25. The molecule has 1 amide bonds. The number of methoxy groups -OCH3 is 1. The highest BCUT2D eigenvalue weighted by molar-refractivity contribution is 7.89. The average molecular weight is 397 g/mol. The number of likely N-dealkylation sites (N-methyl/N-ethyl adjacent to an activating group) is 1. The van der Waals surface area contributed by atoms with Crippen molar-refractivity contribution in [2.45, 2.75) is 17.7 Å². The maximum absolute atomic E-state index is 12.9. The number of piperidine rings is 1. The minimum absolute atomic E-state index is 0.0887. The van der Waals surface area contributed by atoms with E-state index in [1.54, 1.807) is 24.3 Å². The van der Waals surface area contributed by atoms with Crippen LogP contribution < -0.4 is 10.2 Å². The Morgan fingerprint density at radius 2 is 1.78 bits per heavy atom. The minimum atomic E-state index is -3.62. The first-order chi connectivity index (χ1) is 12.9. The zero-order valence-electron chi connectivity index (χ0n) is 15.9. The van der Waals surface area contributed by atoms with Crippen LogP contribution in [0.4, 0.5) is 0 Å². The SMILES string of the molecule is COc1ccc(S(=O)(=O)N2CCCC(C(=O)NN3CCN(C)CC3)C2)cc1. The molecule has 0 aromatic heterocycles. The first-order valence-corrected chi connectivity index (χ1v) is 10.7. The van der Waals surface area contributed by atoms with Crippen LogP contribution in [0.15, 0.2) is 29.2 Å². The van der Waals surface area contributed by atoms with Gasteiger partial charge in [0.05, 0.1) is 17.9 Å². The van der Waals surface area contributed by atoms with Crippen LogP contribution in [-0.2, 0) is 14.8 Å². The predicted molar refractivity (Wildman–Crippen MR) is 102 cm³/mol. The fourth-order valence-electron chi connectivity index (χ4n) is 3.44. The van der Waals surface area contributed by atoms with Crippen molar-refractivity contribution in [2.75, 3.05) is 53.4 Å². The third-order valence-corrected chi connectivity index (χ3v) is 7.10. The summed E-state index contributed by atoms with van der Waals surface area (Å²) in [5.74, 6) is 0.192. The van der Waals surface area contributed by atoms with Gasteiger partial charge < -0.3 is 9.64 Å². The van der Waals surface area contributed by atoms with Gasteiger partial charge in [0.15, 0.2) is 0 Å². The van der Waals surface area contributed by atoms with E-state index in [1.165, 1.54) is 11.4 Å². The number of sulfonamides is 1. The average Bonchev–Trinajstić information content (AvgIpc) is 2.70. The van der Waals surface area contributed by atoms with E-state index in [9.17, 15) is 13.2 Å². The molecule has 1 aromatic carbocycles. The molecule has 0 radical (unpaired) electrons. The molecule has 2 fully saturated rings. The second-order valence-electron chi connectivity index (χ2n) is 7.14. The lowest BCUT2D eigenvalue weighted by atomic mass is 9.99. The Balaban J connectivity index is 1.63. The molecule has 2 saturated heterocycles. The Morgan fingerprint density at radius 3 is 2.41 bits per heavy atom. The summed E-state index contributed by atoms with van der Waals surface area (Å²) in [5.41, 5.74) is 2.97. The summed E-state index contributed by atoms with van der Waals surface area (Å²) in [5, 5.41) is 1.93. The summed E-state index contributed by atoms with van der Waals surface area (Å²) < 4.78 is 32.3. The number of carbonyl (C=O) groups excluding carboxylic acids is 1. The summed E-state index contributed by atoms with van der Waals surface area (Å²) in [6.45, 7) is 4.03. The fourth-order valence-corrected chi connectivity index (χ4v) is 4.96. The lowest BCUT2D eigenvalue weighted by molar-refractivity contribution is -0.131. The summed E-state index contributed by atoms with van der Waals surface area (Å²) in [4.78, 5) is 15.1. The Bertz CT molecular complexity index is 745. The van der Waals surface area contributed by atoms with Crippen LogP contribution >= 0.6 is 0 Å². The molecule has 27 heavy (non-hydrogen) atoms. The van der Waals surface area contributed by atoms with Gasteiger partial charge in [0, 0.05) is 39.3 Å². The molecule has 0 spiro atoms. The zero-order valence-corrected chi connectivity index (χ0v) is 16.7. The number of hydrazine groups is 1. The molecule has 8 nitrogen and oxygen atoms in total. The number of carbonyl (C=O) groups is 1. The minimum Gasteiger partial charge on any atom is -0.497 e. The van der Waals surface area contributed by atoms with Crippen molar-refractivity contribution < 1.29 is 17.9 Å². The van der Waals surface area contributed by atoms with Gasteiger partial charge in [-0.25, -0.2) is 13.4 Å². The molecule has 1 atom stereocenters. The topological polar surface area (TPSA) is 82.2 Å². The number of piperazine rings is 1. The van der Waals surface area contributed by atoms with Gasteiger partial charge in [-0.2, -0.15) is 4.31 Å². The van der Waals surface area contributed by atoms with Crippen LogP contribution in [0.1, 0.15) is 12.8 Å². The summed E-state index contributed by atoms with van der Waals surface area (Å²) in [7, 11) is -0.0192. The molecule has 2 heterocycles. The number of hydrogen-bond donors (Lipinski definition) is 1. The van der Waals surface area contributed by atoms with E-state index >= 15 is 0 Å². The summed E-state index contributed by atoms with van der Waals surface area (Å²) in [6.07, 6.45) is 1.38. The maximum Gasteiger partial charge on any atom is 0.243 e. The first kappa shape index (κ1) is 20.1. The number of nitrogens with one attached hydrogen (secondary N) is 1. The van der Waals surface area contributed by atoms with Crippen LogP contribution in [0.2, 0.25) is 0 Å². The third kappa shape index (κ3) is 4.78. The second-order valence-corrected chi connectivity index (χ2v) is 9.08. The molecule has 1 unspecified atom stereocenters. The molecule has 0 saturated carbocycles. The van der Waals surface area contributed by atoms with Crippen molar-refractivity contribution in [3.05, 3.63) is 24.3 Å². The predicted octanol–water partition coefficient (Wildman–Crippen LogP) is 0.375. The quantitative estimate of drug-likeness (QED) is 0.775. The standard InChI is InChI=1S/C18H28N4O4S/c1-20-10-12-21(13-11-20)19-18(23)15-4-3-9-22(14-15)27(24,25)17-7-5-16(26-2)6-8-17/h5-8,15H,3-4,9-14H2,1-2H3,(H,19,23). The van der Waals surface area contributed by atoms with E-state index in [0.29, 0.717) is 25.1 Å². The van der Waals surface area contributed by atoms with Crippen LogP contribution in [0, 0.1) is 5.92 Å². The van der Waals surface area contributed by atoms with E-state index in [-0.39, 0.29) is 23.3 Å². The number of rotatable bonds is 5. The van der Waals surface area contributed by atoms with Crippen molar-refractivity contribution in [2.24, 2.45) is 5.92 Å². The zero-order chi connectivity index (χ0) is 19.4. The van der Waals surface area contributed by atoms with E-state index < -0.39 is 10.0 Å². The molecule has 150 valence electrons. The monoisotopic (exact) mass is 396 g/mol. The number of nitrogens with zero attached hydrogens (tertiary/aromatic N) is 3. The molecule has 1 N–H and O–H groups in total. The fraction of sp³-hybridized carbons (Fsp3) is 0.611. The van der Waals surface area contributed by atoms with Crippen molar-refractivity contribution >= 4 is 15.9 Å². The van der Waals surface area contributed by atoms with Gasteiger partial charge in [0.25, 0.3) is 0 Å². The van der Waals surface area contributed by atoms with Crippen LogP contribution in [0.3, 0.4) is 0 Å². The Labute approximate surface area is 161 Å². The number of hydrogen-bond acceptors (Lipinski definition) is 6. The van der Waals surface area contributed by atoms with Crippen LogP contribution in [0.5, 0.6) is 5.75 Å². The van der Waals surface area contributed by atoms with Gasteiger partial charge in [0.1, 0.15) is 5.75 Å². The van der Waals surface area contributed by atoms with Gasteiger partial charge in [-0.3, -0.25) is 10.2 Å². The summed E-state index contributed by atoms with van der Waals surface area (Å²) in [6, 6.07) is 6.35. The molecule has 0 bridgehead atoms. The van der Waals surface area contributed by atoms with E-state index in [1.807, 2.05) is 5.01 Å². The molecular formula is C18H28N4O4S. The van der Waals surface area contributed by atoms with E-state index in [4.69, 9.17) is 4.74 Å². The largest absolute Gasteiger partial charge is 0.497 e. The van der Waals surface area contributed by atoms with Gasteiger partial charge in [-0.15, -0.1) is 0 Å². The molecule has 3 rings (SSSR count). The van der Waals surface area contributed by atoms with Crippen molar-refractivity contribution in [3.8, 4) is 5.75 Å². The number of benzene rings is 1. The highest BCUT2D eigenvalue weighted by Gasteiger charge is 2.34. The van der Waals surface area contributed by atoms with Gasteiger partial charge in [-0.05, 0) is 44.2 Å². The lowest BCUT2D eigenvalue weighted by Crippen LogP contribution is -2.55. The van der Waals surface area contributed by atoms with Gasteiger partial charge in [0.2, 0.25) is 15.9 Å². The molecule has 9 heteroatoms. The Hall–Kier alpha value is -1.68. The number of ether oxygens (including phenoxy) is 1. The third-order valence-electron chi connectivity index (χ3n) is 5.22. The van der Waals surface area contributed by atoms with Gasteiger partial charge >= 0.3 is 0 Å². The molecule has 0 aliphatic carbocycles. The molecule has 2 aliphatic rings. The first-order valence-electron chi connectivity index (χ1n) is 9.28. The normalized spacial score (nSPS) is 23.1. The second kappa shape index (κ2) is 8.55. The molecular weight excluding hydrogens is 368 g/mol.